The Balaban J connectivity index is 1.59. The molecular formula is C29H32F6N4O3S. The maximum Gasteiger partial charge on any atom is 0.573 e. The van der Waals surface area contributed by atoms with E-state index in [0.717, 1.165) is 54.7 Å². The number of ether oxygens (including phenoxy) is 1. The van der Waals surface area contributed by atoms with Gasteiger partial charge in [-0.2, -0.15) is 13.2 Å². The van der Waals surface area contributed by atoms with Crippen LogP contribution in [0.2, 0.25) is 0 Å². The predicted molar refractivity (Wildman–Crippen MR) is 153 cm³/mol. The summed E-state index contributed by atoms with van der Waals surface area (Å²) in [6, 6.07) is 10.3. The molecule has 1 saturated carbocycles. The summed E-state index contributed by atoms with van der Waals surface area (Å²) >= 11 is 0. The van der Waals surface area contributed by atoms with Crippen LogP contribution in [-0.2, 0) is 16.4 Å². The molecule has 0 radical (unpaired) electrons. The zero-order valence-corrected chi connectivity index (χ0v) is 24.6. The summed E-state index contributed by atoms with van der Waals surface area (Å²) < 4.78 is 108. The van der Waals surface area contributed by atoms with E-state index < -0.39 is 34.7 Å². The Kier molecular flexibility index (Phi) is 9.46. The monoisotopic (exact) mass is 630 g/mol. The van der Waals surface area contributed by atoms with Crippen LogP contribution in [0.15, 0.2) is 47.4 Å². The molecule has 0 amide bonds. The molecule has 0 unspecified atom stereocenters. The van der Waals surface area contributed by atoms with E-state index in [-0.39, 0.29) is 28.9 Å². The van der Waals surface area contributed by atoms with Crippen LogP contribution in [0.1, 0.15) is 31.4 Å². The zero-order valence-electron chi connectivity index (χ0n) is 23.7. The number of nitrogens with one attached hydrogen (secondary N) is 2. The minimum atomic E-state index is -5.09. The normalized spacial score (nSPS) is 17.9. The molecule has 1 aromatic heterocycles. The van der Waals surface area contributed by atoms with Gasteiger partial charge >= 0.3 is 12.5 Å². The fourth-order valence-electron chi connectivity index (χ4n) is 5.18. The average Bonchev–Trinajstić information content (AvgIpc) is 3.22. The summed E-state index contributed by atoms with van der Waals surface area (Å²) in [4.78, 5) is 1.82. The molecule has 0 aliphatic heterocycles. The van der Waals surface area contributed by atoms with E-state index in [9.17, 15) is 34.8 Å². The van der Waals surface area contributed by atoms with Crippen molar-refractivity contribution in [2.45, 2.75) is 61.7 Å². The number of nitrogens with zero attached hydrogens (tertiary/aromatic N) is 2. The van der Waals surface area contributed by atoms with Gasteiger partial charge in [0.05, 0.1) is 28.3 Å². The molecule has 1 fully saturated rings. The third kappa shape index (κ3) is 8.73. The molecule has 0 saturated heterocycles. The molecule has 3 aromatic rings. The Morgan fingerprint density at radius 2 is 1.70 bits per heavy atom. The Morgan fingerprint density at radius 3 is 2.30 bits per heavy atom. The van der Waals surface area contributed by atoms with E-state index in [2.05, 4.69) is 32.1 Å². The Bertz CT molecular complexity index is 1610. The number of hydrogen-bond acceptors (Lipinski definition) is 6. The molecule has 1 aliphatic rings. The van der Waals surface area contributed by atoms with Crippen LogP contribution in [0.25, 0.3) is 10.9 Å². The first-order valence-electron chi connectivity index (χ1n) is 13.4. The highest BCUT2D eigenvalue weighted by molar-refractivity contribution is 7.90. The Labute approximate surface area is 246 Å². The van der Waals surface area contributed by atoms with Gasteiger partial charge in [0.15, 0.2) is 15.6 Å². The lowest BCUT2D eigenvalue weighted by atomic mass is 9.90. The van der Waals surface area contributed by atoms with E-state index in [4.69, 9.17) is 0 Å². The predicted octanol–water partition coefficient (Wildman–Crippen LogP) is 6.25. The second kappa shape index (κ2) is 12.6. The highest BCUT2D eigenvalue weighted by Gasteiger charge is 2.33. The van der Waals surface area contributed by atoms with E-state index >= 15 is 0 Å². The molecule has 14 heteroatoms. The summed E-state index contributed by atoms with van der Waals surface area (Å²) in [6.07, 6.45) is -4.92. The van der Waals surface area contributed by atoms with Crippen LogP contribution in [0.3, 0.4) is 0 Å². The summed E-state index contributed by atoms with van der Waals surface area (Å²) in [6.45, 7) is -1.54. The van der Waals surface area contributed by atoms with Crippen LogP contribution in [-0.4, -0.2) is 69.4 Å². The highest BCUT2D eigenvalue weighted by atomic mass is 32.2. The standard InChI is InChI=1S/C29H32F6N4O3S/c1-38(2)20-11-9-19(10-12-20)37-24-7-4-8-26-23(24)16-21(39(26)18-28(30,31)32)6-5-15-36-25-14-13-22(43(3,40)41)17-27(25)42-29(33,34)35/h4,7-8,13-14,16-17,19-20,36-37H,9-12,15,18H2,1-3H3/t19-,20+. The molecule has 1 heterocycles. The topological polar surface area (TPSA) is 75.6 Å². The molecule has 4 rings (SSSR count). The molecule has 2 N–H and O–H groups in total. The largest absolute Gasteiger partial charge is 0.573 e. The number of hydrogen-bond donors (Lipinski definition) is 2. The van der Waals surface area contributed by atoms with Crippen LogP contribution in [0.5, 0.6) is 5.75 Å². The number of aromatic nitrogens is 1. The van der Waals surface area contributed by atoms with Gasteiger partial charge in [-0.3, -0.25) is 0 Å². The Hall–Kier alpha value is -3.57. The molecule has 1 aliphatic carbocycles. The fourth-order valence-corrected chi connectivity index (χ4v) is 5.82. The van der Waals surface area contributed by atoms with E-state index in [0.29, 0.717) is 22.6 Å². The van der Waals surface area contributed by atoms with E-state index in [1.807, 2.05) is 20.2 Å². The lowest BCUT2D eigenvalue weighted by Crippen LogP contribution is -2.36. The molecular weight excluding hydrogens is 598 g/mol. The van der Waals surface area contributed by atoms with Gasteiger partial charge < -0.3 is 24.8 Å². The van der Waals surface area contributed by atoms with E-state index in [1.165, 1.54) is 0 Å². The zero-order chi connectivity index (χ0) is 31.6. The smallest absolute Gasteiger partial charge is 0.404 e. The quantitative estimate of drug-likeness (QED) is 0.226. The van der Waals surface area contributed by atoms with Crippen LogP contribution in [0, 0.1) is 11.8 Å². The van der Waals surface area contributed by atoms with Gasteiger partial charge in [-0.25, -0.2) is 8.42 Å². The molecule has 7 nitrogen and oxygen atoms in total. The first-order valence-corrected chi connectivity index (χ1v) is 15.3. The second-order valence-electron chi connectivity index (χ2n) is 10.7. The van der Waals surface area contributed by atoms with Crippen molar-refractivity contribution in [2.75, 3.05) is 37.5 Å². The third-order valence-electron chi connectivity index (χ3n) is 7.26. The van der Waals surface area contributed by atoms with Gasteiger partial charge in [0.2, 0.25) is 0 Å². The third-order valence-corrected chi connectivity index (χ3v) is 8.37. The molecule has 0 atom stereocenters. The van der Waals surface area contributed by atoms with Crippen molar-refractivity contribution in [2.24, 2.45) is 0 Å². The van der Waals surface area contributed by atoms with Gasteiger partial charge in [-0.1, -0.05) is 12.0 Å². The van der Waals surface area contributed by atoms with Gasteiger partial charge in [-0.05, 0) is 76.0 Å². The number of sulfone groups is 1. The fraction of sp³-hybridized carbons (Fsp3) is 0.448. The average molecular weight is 631 g/mol. The van der Waals surface area contributed by atoms with Crippen molar-refractivity contribution in [3.05, 3.63) is 48.2 Å². The van der Waals surface area contributed by atoms with Gasteiger partial charge in [0.25, 0.3) is 0 Å². The minimum Gasteiger partial charge on any atom is -0.404 e. The number of halogens is 6. The molecule has 43 heavy (non-hydrogen) atoms. The SMILES string of the molecule is CN(C)[C@H]1CC[C@@H](Nc2cccc3c2cc(C#CCNc2ccc(S(C)(=O)=O)cc2OC(F)(F)F)n3CC(F)(F)F)CC1. The van der Waals surface area contributed by atoms with Crippen LogP contribution >= 0.6 is 0 Å². The van der Waals surface area contributed by atoms with Gasteiger partial charge in [-0.15, -0.1) is 13.2 Å². The lowest BCUT2D eigenvalue weighted by Gasteiger charge is -2.33. The summed E-state index contributed by atoms with van der Waals surface area (Å²) in [5.74, 6) is 4.59. The van der Waals surface area contributed by atoms with Crippen molar-refractivity contribution < 1.29 is 39.5 Å². The minimum absolute atomic E-state index is 0.0823. The van der Waals surface area contributed by atoms with Crippen molar-refractivity contribution in [1.29, 1.82) is 0 Å². The van der Waals surface area contributed by atoms with Crippen molar-refractivity contribution >= 4 is 32.1 Å². The number of benzene rings is 2. The molecule has 0 bridgehead atoms. The second-order valence-corrected chi connectivity index (χ2v) is 12.7. The first-order chi connectivity index (χ1) is 20.0. The van der Waals surface area contributed by atoms with Crippen molar-refractivity contribution in [1.82, 2.24) is 9.47 Å². The number of fused-ring (bicyclic) bond motifs is 1. The van der Waals surface area contributed by atoms with E-state index in [1.54, 1.807) is 18.2 Å². The number of anilines is 2. The van der Waals surface area contributed by atoms with Crippen LogP contribution < -0.4 is 15.4 Å². The van der Waals surface area contributed by atoms with Crippen molar-refractivity contribution in [3.63, 3.8) is 0 Å². The molecule has 0 spiro atoms. The highest BCUT2D eigenvalue weighted by Crippen LogP contribution is 2.34. The van der Waals surface area contributed by atoms with Gasteiger partial charge in [0.1, 0.15) is 6.54 Å². The first kappa shape index (κ1) is 32.3. The lowest BCUT2D eigenvalue weighted by molar-refractivity contribution is -0.274. The maximum absolute atomic E-state index is 13.6. The molecule has 2 aromatic carbocycles. The number of rotatable bonds is 8. The summed E-state index contributed by atoms with van der Waals surface area (Å²) in [5.41, 5.74) is 0.941. The maximum atomic E-state index is 13.6. The van der Waals surface area contributed by atoms with Crippen molar-refractivity contribution in [3.8, 4) is 17.6 Å². The summed E-state index contributed by atoms with van der Waals surface area (Å²) in [7, 11) is 0.277. The van der Waals surface area contributed by atoms with Gasteiger partial charge in [0, 0.05) is 35.5 Å². The molecule has 234 valence electrons. The number of alkyl halides is 6. The summed E-state index contributed by atoms with van der Waals surface area (Å²) in [5, 5.41) is 6.70. The Morgan fingerprint density at radius 1 is 1.00 bits per heavy atom. The van der Waals surface area contributed by atoms with Crippen LogP contribution in [0.4, 0.5) is 37.7 Å².